The second-order valence-electron chi connectivity index (χ2n) is 4.92. The number of aliphatic carboxylic acids is 1. The molecule has 4 nitrogen and oxygen atoms in total. The molecule has 1 fully saturated rings. The predicted octanol–water partition coefficient (Wildman–Crippen LogP) is 1.70. The number of hydrogen-bond acceptors (Lipinski definition) is 3. The lowest BCUT2D eigenvalue weighted by molar-refractivity contribution is -0.139. The Morgan fingerprint density at radius 3 is 2.82 bits per heavy atom. The van der Waals surface area contributed by atoms with Crippen molar-refractivity contribution in [3.8, 4) is 0 Å². The van der Waals surface area contributed by atoms with Crippen LogP contribution in [0.5, 0.6) is 0 Å². The maximum Gasteiger partial charge on any atom is 0.320 e. The lowest BCUT2D eigenvalue weighted by Crippen LogP contribution is -2.41. The van der Waals surface area contributed by atoms with Gasteiger partial charge in [0, 0.05) is 12.6 Å². The smallest absolute Gasteiger partial charge is 0.320 e. The van der Waals surface area contributed by atoms with Gasteiger partial charge >= 0.3 is 5.97 Å². The van der Waals surface area contributed by atoms with E-state index in [0.717, 1.165) is 13.1 Å². The summed E-state index contributed by atoms with van der Waals surface area (Å²) in [6.07, 6.45) is 7.05. The van der Waals surface area contributed by atoms with Gasteiger partial charge in [-0.2, -0.15) is 0 Å². The first-order valence-corrected chi connectivity index (χ1v) is 6.83. The van der Waals surface area contributed by atoms with Gasteiger partial charge < -0.3 is 15.3 Å². The third-order valence-corrected chi connectivity index (χ3v) is 3.82. The van der Waals surface area contributed by atoms with E-state index in [4.69, 9.17) is 5.11 Å². The molecule has 4 heteroatoms. The number of likely N-dealkylation sites (N-methyl/N-ethyl adjacent to an activating group) is 1. The summed E-state index contributed by atoms with van der Waals surface area (Å²) in [5.74, 6) is -0.740. The van der Waals surface area contributed by atoms with Gasteiger partial charge in [-0.1, -0.05) is 19.8 Å². The number of carbonyl (C=O) groups is 1. The molecule has 100 valence electrons. The summed E-state index contributed by atoms with van der Waals surface area (Å²) < 4.78 is 0. The zero-order valence-electron chi connectivity index (χ0n) is 11.1. The maximum atomic E-state index is 10.9. The first-order chi connectivity index (χ1) is 8.19. The summed E-state index contributed by atoms with van der Waals surface area (Å²) in [4.78, 5) is 13.4. The summed E-state index contributed by atoms with van der Waals surface area (Å²) in [7, 11) is 1.72. The minimum Gasteiger partial charge on any atom is -0.480 e. The van der Waals surface area contributed by atoms with Gasteiger partial charge in [-0.15, -0.1) is 0 Å². The topological polar surface area (TPSA) is 52.6 Å². The van der Waals surface area contributed by atoms with Crippen LogP contribution in [0.3, 0.4) is 0 Å². The van der Waals surface area contributed by atoms with E-state index in [2.05, 4.69) is 17.1 Å². The highest BCUT2D eigenvalue weighted by molar-refractivity contribution is 5.73. The number of nitrogens with one attached hydrogen (secondary N) is 1. The first kappa shape index (κ1) is 14.5. The molecular weight excluding hydrogens is 216 g/mol. The summed E-state index contributed by atoms with van der Waals surface area (Å²) in [5, 5.41) is 11.9. The second-order valence-corrected chi connectivity index (χ2v) is 4.92. The largest absolute Gasteiger partial charge is 0.480 e. The quantitative estimate of drug-likeness (QED) is 0.744. The molecule has 2 unspecified atom stereocenters. The molecule has 2 atom stereocenters. The van der Waals surface area contributed by atoms with E-state index < -0.39 is 12.0 Å². The van der Waals surface area contributed by atoms with E-state index in [0.29, 0.717) is 12.5 Å². The molecule has 0 spiro atoms. The van der Waals surface area contributed by atoms with Crippen LogP contribution in [0, 0.1) is 0 Å². The Labute approximate surface area is 104 Å². The van der Waals surface area contributed by atoms with E-state index in [1.165, 1.54) is 32.1 Å². The SMILES string of the molecule is CCC1CCCCCN1CCC(NC)C(=O)O. The predicted molar refractivity (Wildman–Crippen MR) is 69.2 cm³/mol. The average Bonchev–Trinajstić information content (AvgIpc) is 2.54. The Balaban J connectivity index is 2.43. The average molecular weight is 242 g/mol. The molecule has 1 heterocycles. The highest BCUT2D eigenvalue weighted by Gasteiger charge is 2.22. The summed E-state index contributed by atoms with van der Waals surface area (Å²) in [6, 6.07) is 0.250. The molecule has 17 heavy (non-hydrogen) atoms. The molecule has 0 amide bonds. The van der Waals surface area contributed by atoms with E-state index in [1.54, 1.807) is 7.05 Å². The third-order valence-electron chi connectivity index (χ3n) is 3.82. The van der Waals surface area contributed by atoms with Gasteiger partial charge in [-0.05, 0) is 39.3 Å². The highest BCUT2D eigenvalue weighted by atomic mass is 16.4. The van der Waals surface area contributed by atoms with Crippen LogP contribution in [0.15, 0.2) is 0 Å². The molecular formula is C13H26N2O2. The molecule has 2 N–H and O–H groups in total. The minimum absolute atomic E-state index is 0.407. The summed E-state index contributed by atoms with van der Waals surface area (Å²) in [5.41, 5.74) is 0. The van der Waals surface area contributed by atoms with Crippen molar-refractivity contribution < 1.29 is 9.90 Å². The van der Waals surface area contributed by atoms with Gasteiger partial charge in [0.25, 0.3) is 0 Å². The van der Waals surface area contributed by atoms with E-state index in [1.807, 2.05) is 0 Å². The fourth-order valence-corrected chi connectivity index (χ4v) is 2.68. The molecule has 0 aromatic carbocycles. The van der Waals surface area contributed by atoms with Gasteiger partial charge in [0.2, 0.25) is 0 Å². The van der Waals surface area contributed by atoms with Crippen molar-refractivity contribution in [2.45, 2.75) is 57.5 Å². The Morgan fingerprint density at radius 2 is 2.24 bits per heavy atom. The number of nitrogens with zero attached hydrogens (tertiary/aromatic N) is 1. The molecule has 0 saturated carbocycles. The van der Waals surface area contributed by atoms with Crippen LogP contribution < -0.4 is 5.32 Å². The molecule has 1 aliphatic heterocycles. The van der Waals surface area contributed by atoms with Crippen LogP contribution in [0.1, 0.15) is 45.4 Å². The van der Waals surface area contributed by atoms with Crippen LogP contribution in [-0.2, 0) is 4.79 Å². The van der Waals surface area contributed by atoms with Crippen molar-refractivity contribution in [2.75, 3.05) is 20.1 Å². The molecule has 0 aromatic rings. The van der Waals surface area contributed by atoms with Crippen molar-refractivity contribution >= 4 is 5.97 Å². The van der Waals surface area contributed by atoms with Gasteiger partial charge in [-0.3, -0.25) is 4.79 Å². The molecule has 0 aromatic heterocycles. The van der Waals surface area contributed by atoms with E-state index in [-0.39, 0.29) is 0 Å². The standard InChI is InChI=1S/C13H26N2O2/c1-3-11-7-5-4-6-9-15(11)10-8-12(14-2)13(16)17/h11-12,14H,3-10H2,1-2H3,(H,16,17). The Bertz CT molecular complexity index is 233. The zero-order chi connectivity index (χ0) is 12.7. The van der Waals surface area contributed by atoms with Gasteiger partial charge in [0.05, 0.1) is 0 Å². The van der Waals surface area contributed by atoms with E-state index in [9.17, 15) is 4.79 Å². The Hall–Kier alpha value is -0.610. The second kappa shape index (κ2) is 7.67. The van der Waals surface area contributed by atoms with Gasteiger partial charge in [-0.25, -0.2) is 0 Å². The Kier molecular flexibility index (Phi) is 6.52. The minimum atomic E-state index is -0.740. The van der Waals surface area contributed by atoms with Crippen LogP contribution >= 0.6 is 0 Å². The highest BCUT2D eigenvalue weighted by Crippen LogP contribution is 2.19. The van der Waals surface area contributed by atoms with Crippen molar-refractivity contribution in [3.63, 3.8) is 0 Å². The molecule has 1 saturated heterocycles. The third kappa shape index (κ3) is 4.64. The maximum absolute atomic E-state index is 10.9. The number of hydrogen-bond donors (Lipinski definition) is 2. The first-order valence-electron chi connectivity index (χ1n) is 6.83. The number of rotatable bonds is 6. The molecule has 0 radical (unpaired) electrons. The summed E-state index contributed by atoms with van der Waals surface area (Å²) >= 11 is 0. The fourth-order valence-electron chi connectivity index (χ4n) is 2.68. The van der Waals surface area contributed by atoms with Crippen LogP contribution in [0.25, 0.3) is 0 Å². The fraction of sp³-hybridized carbons (Fsp3) is 0.923. The van der Waals surface area contributed by atoms with Crippen LogP contribution in [0.4, 0.5) is 0 Å². The molecule has 0 bridgehead atoms. The van der Waals surface area contributed by atoms with E-state index >= 15 is 0 Å². The number of likely N-dealkylation sites (tertiary alicyclic amines) is 1. The number of carboxylic acid groups (broad SMARTS) is 1. The van der Waals surface area contributed by atoms with Crippen molar-refractivity contribution in [1.82, 2.24) is 10.2 Å². The molecule has 1 aliphatic rings. The van der Waals surface area contributed by atoms with Gasteiger partial charge in [0.15, 0.2) is 0 Å². The Morgan fingerprint density at radius 1 is 1.47 bits per heavy atom. The lowest BCUT2D eigenvalue weighted by Gasteiger charge is -2.29. The van der Waals surface area contributed by atoms with Crippen molar-refractivity contribution in [1.29, 1.82) is 0 Å². The zero-order valence-corrected chi connectivity index (χ0v) is 11.1. The van der Waals surface area contributed by atoms with Crippen molar-refractivity contribution in [2.24, 2.45) is 0 Å². The van der Waals surface area contributed by atoms with Crippen LogP contribution in [-0.4, -0.2) is 48.2 Å². The monoisotopic (exact) mass is 242 g/mol. The van der Waals surface area contributed by atoms with Gasteiger partial charge in [0.1, 0.15) is 6.04 Å². The molecule has 0 aliphatic carbocycles. The normalized spacial score (nSPS) is 24.2. The number of carboxylic acids is 1. The summed E-state index contributed by atoms with van der Waals surface area (Å²) in [6.45, 7) is 4.26. The van der Waals surface area contributed by atoms with Crippen LogP contribution in [0.2, 0.25) is 0 Å². The van der Waals surface area contributed by atoms with Crippen molar-refractivity contribution in [3.05, 3.63) is 0 Å². The lowest BCUT2D eigenvalue weighted by atomic mass is 10.1. The molecule has 1 rings (SSSR count).